The van der Waals surface area contributed by atoms with E-state index in [2.05, 4.69) is 5.32 Å². The summed E-state index contributed by atoms with van der Waals surface area (Å²) in [5.41, 5.74) is 0.795. The number of carboxylic acids is 1. The zero-order chi connectivity index (χ0) is 19.1. The zero-order valence-corrected chi connectivity index (χ0v) is 14.9. The number of nitrogens with one attached hydrogen (secondary N) is 1. The second kappa shape index (κ2) is 8.99. The maximum atomic E-state index is 12.3. The lowest BCUT2D eigenvalue weighted by Crippen LogP contribution is -2.46. The fourth-order valence-electron chi connectivity index (χ4n) is 2.81. The molecule has 6 heteroatoms. The van der Waals surface area contributed by atoms with Crippen LogP contribution >= 0.6 is 0 Å². The first kappa shape index (κ1) is 19.4. The van der Waals surface area contributed by atoms with Crippen molar-refractivity contribution in [2.45, 2.75) is 32.7 Å². The normalized spacial score (nSPS) is 13.0. The van der Waals surface area contributed by atoms with Crippen LogP contribution in [0.1, 0.15) is 25.8 Å². The van der Waals surface area contributed by atoms with Gasteiger partial charge in [-0.25, -0.2) is 4.79 Å². The minimum Gasteiger partial charge on any atom is -0.480 e. The lowest BCUT2D eigenvalue weighted by molar-refractivity contribution is -0.147. The molecule has 0 aromatic heterocycles. The number of carbonyl (C=O) groups is 3. The molecule has 0 spiro atoms. The Labute approximate surface area is 152 Å². The van der Waals surface area contributed by atoms with Gasteiger partial charge >= 0.3 is 11.9 Å². The van der Waals surface area contributed by atoms with E-state index in [-0.39, 0.29) is 19.4 Å². The molecular weight excluding hydrogens is 334 g/mol. The molecule has 0 aliphatic heterocycles. The Kier molecular flexibility index (Phi) is 6.72. The highest BCUT2D eigenvalue weighted by molar-refractivity contribution is 5.87. The lowest BCUT2D eigenvalue weighted by Gasteiger charge is -2.20. The predicted molar refractivity (Wildman–Crippen MR) is 97.6 cm³/mol. The summed E-state index contributed by atoms with van der Waals surface area (Å²) in [5.74, 6) is -2.63. The van der Waals surface area contributed by atoms with E-state index in [1.165, 1.54) is 0 Å². The van der Waals surface area contributed by atoms with Gasteiger partial charge in [-0.2, -0.15) is 0 Å². The average molecular weight is 357 g/mol. The summed E-state index contributed by atoms with van der Waals surface area (Å²) in [7, 11) is 0. The lowest BCUT2D eigenvalue weighted by atomic mass is 9.97. The molecule has 0 unspecified atom stereocenters. The predicted octanol–water partition coefficient (Wildman–Crippen LogP) is 2.54. The van der Waals surface area contributed by atoms with Gasteiger partial charge in [0, 0.05) is 0 Å². The summed E-state index contributed by atoms with van der Waals surface area (Å²) in [4.78, 5) is 35.3. The maximum Gasteiger partial charge on any atom is 0.326 e. The van der Waals surface area contributed by atoms with E-state index in [1.807, 2.05) is 42.5 Å². The fraction of sp³-hybridized carbons (Fsp3) is 0.350. The van der Waals surface area contributed by atoms with Crippen LogP contribution < -0.4 is 5.32 Å². The Bertz CT molecular complexity index is 802. The molecule has 2 aromatic carbocycles. The van der Waals surface area contributed by atoms with Gasteiger partial charge in [0.2, 0.25) is 5.91 Å². The molecule has 0 saturated carbocycles. The molecule has 2 aromatic rings. The molecule has 0 fully saturated rings. The van der Waals surface area contributed by atoms with Gasteiger partial charge in [-0.05, 0) is 29.2 Å². The van der Waals surface area contributed by atoms with Crippen LogP contribution in [0, 0.1) is 5.92 Å². The highest BCUT2D eigenvalue weighted by Crippen LogP contribution is 2.16. The SMILES string of the molecule is CCOC(=O)C[C@@H](C)[C@H](NC(=O)Cc1ccc2ccccc2c1)C(=O)O. The Morgan fingerprint density at radius 2 is 1.81 bits per heavy atom. The number of hydrogen-bond acceptors (Lipinski definition) is 4. The van der Waals surface area contributed by atoms with Crippen molar-refractivity contribution in [3.63, 3.8) is 0 Å². The standard InChI is InChI=1S/C20H23NO5/c1-3-26-18(23)10-13(2)19(20(24)25)21-17(22)12-14-8-9-15-6-4-5-7-16(15)11-14/h4-9,11,13,19H,3,10,12H2,1-2H3,(H,21,22)(H,24,25)/t13-,19+/m1/s1. The summed E-state index contributed by atoms with van der Waals surface area (Å²) in [6, 6.07) is 12.3. The van der Waals surface area contributed by atoms with Crippen LogP contribution in [0.2, 0.25) is 0 Å². The van der Waals surface area contributed by atoms with Crippen molar-refractivity contribution < 1.29 is 24.2 Å². The number of carbonyl (C=O) groups excluding carboxylic acids is 2. The van der Waals surface area contributed by atoms with Gasteiger partial charge in [0.05, 0.1) is 19.4 Å². The number of aliphatic carboxylic acids is 1. The van der Waals surface area contributed by atoms with Crippen LogP contribution in [0.15, 0.2) is 42.5 Å². The minimum atomic E-state index is -1.17. The first-order valence-corrected chi connectivity index (χ1v) is 8.56. The van der Waals surface area contributed by atoms with Crippen LogP contribution in [-0.2, 0) is 25.5 Å². The Balaban J connectivity index is 2.02. The molecule has 0 heterocycles. The van der Waals surface area contributed by atoms with Crippen molar-refractivity contribution in [1.82, 2.24) is 5.32 Å². The van der Waals surface area contributed by atoms with Crippen LogP contribution in [0.3, 0.4) is 0 Å². The number of benzene rings is 2. The molecular formula is C20H23NO5. The molecule has 0 radical (unpaired) electrons. The summed E-state index contributed by atoms with van der Waals surface area (Å²) in [6.07, 6.45) is 0.00179. The number of carboxylic acid groups (broad SMARTS) is 1. The largest absolute Gasteiger partial charge is 0.480 e. The van der Waals surface area contributed by atoms with Crippen LogP contribution in [0.25, 0.3) is 10.8 Å². The second-order valence-corrected chi connectivity index (χ2v) is 6.23. The van der Waals surface area contributed by atoms with Gasteiger partial charge in [0.1, 0.15) is 6.04 Å². The van der Waals surface area contributed by atoms with Gasteiger partial charge in [0.15, 0.2) is 0 Å². The molecule has 0 bridgehead atoms. The van der Waals surface area contributed by atoms with E-state index in [1.54, 1.807) is 13.8 Å². The Hall–Kier alpha value is -2.89. The highest BCUT2D eigenvalue weighted by Gasteiger charge is 2.28. The van der Waals surface area contributed by atoms with Crippen LogP contribution in [0.5, 0.6) is 0 Å². The molecule has 6 nitrogen and oxygen atoms in total. The number of fused-ring (bicyclic) bond motifs is 1. The minimum absolute atomic E-state index is 0.0684. The second-order valence-electron chi connectivity index (χ2n) is 6.23. The Morgan fingerprint density at radius 3 is 2.46 bits per heavy atom. The third-order valence-corrected chi connectivity index (χ3v) is 4.12. The summed E-state index contributed by atoms with van der Waals surface area (Å²) in [6.45, 7) is 3.52. The molecule has 2 atom stereocenters. The van der Waals surface area contributed by atoms with Gasteiger partial charge in [-0.1, -0.05) is 49.4 Å². The van der Waals surface area contributed by atoms with E-state index in [9.17, 15) is 19.5 Å². The third kappa shape index (κ3) is 5.31. The monoisotopic (exact) mass is 357 g/mol. The summed E-state index contributed by atoms with van der Waals surface area (Å²) in [5, 5.41) is 14.0. The van der Waals surface area contributed by atoms with Crippen LogP contribution in [-0.4, -0.2) is 35.6 Å². The van der Waals surface area contributed by atoms with Crippen molar-refractivity contribution in [3.05, 3.63) is 48.0 Å². The number of ether oxygens (including phenoxy) is 1. The Morgan fingerprint density at radius 1 is 1.12 bits per heavy atom. The maximum absolute atomic E-state index is 12.3. The first-order chi connectivity index (χ1) is 12.4. The highest BCUT2D eigenvalue weighted by atomic mass is 16.5. The molecule has 1 amide bonds. The van der Waals surface area contributed by atoms with Gasteiger partial charge in [-0.15, -0.1) is 0 Å². The fourth-order valence-corrected chi connectivity index (χ4v) is 2.81. The quantitative estimate of drug-likeness (QED) is 0.708. The topological polar surface area (TPSA) is 92.7 Å². The molecule has 0 aliphatic rings. The molecule has 138 valence electrons. The number of rotatable bonds is 8. The van der Waals surface area contributed by atoms with Crippen LogP contribution in [0.4, 0.5) is 0 Å². The number of esters is 1. The van der Waals surface area contributed by atoms with Crippen molar-refractivity contribution in [1.29, 1.82) is 0 Å². The summed E-state index contributed by atoms with van der Waals surface area (Å²) < 4.78 is 4.84. The van der Waals surface area contributed by atoms with E-state index in [4.69, 9.17) is 4.74 Å². The van der Waals surface area contributed by atoms with Crippen molar-refractivity contribution in [3.8, 4) is 0 Å². The van der Waals surface area contributed by atoms with Gasteiger partial charge < -0.3 is 15.2 Å². The number of hydrogen-bond donors (Lipinski definition) is 2. The van der Waals surface area contributed by atoms with E-state index < -0.39 is 29.8 Å². The molecule has 0 aliphatic carbocycles. The zero-order valence-electron chi connectivity index (χ0n) is 14.9. The smallest absolute Gasteiger partial charge is 0.326 e. The first-order valence-electron chi connectivity index (χ1n) is 8.56. The molecule has 0 saturated heterocycles. The molecule has 2 rings (SSSR count). The van der Waals surface area contributed by atoms with Crippen molar-refractivity contribution in [2.75, 3.05) is 6.61 Å². The number of amides is 1. The summed E-state index contributed by atoms with van der Waals surface area (Å²) >= 11 is 0. The molecule has 26 heavy (non-hydrogen) atoms. The van der Waals surface area contributed by atoms with Gasteiger partial charge in [0.25, 0.3) is 0 Å². The van der Waals surface area contributed by atoms with E-state index >= 15 is 0 Å². The van der Waals surface area contributed by atoms with Crippen molar-refractivity contribution in [2.24, 2.45) is 5.92 Å². The average Bonchev–Trinajstić information content (AvgIpc) is 2.59. The third-order valence-electron chi connectivity index (χ3n) is 4.12. The molecule has 2 N–H and O–H groups in total. The van der Waals surface area contributed by atoms with E-state index in [0.717, 1.165) is 16.3 Å². The van der Waals surface area contributed by atoms with E-state index in [0.29, 0.717) is 0 Å². The van der Waals surface area contributed by atoms with Crippen molar-refractivity contribution >= 4 is 28.6 Å². The van der Waals surface area contributed by atoms with Gasteiger partial charge in [-0.3, -0.25) is 9.59 Å².